The maximum Gasteiger partial charge on any atom is 0.138 e. The first-order valence-electron chi connectivity index (χ1n) is 12.2. The third-order valence-corrected chi connectivity index (χ3v) is 6.35. The molecular weight excluding hydrogens is 456 g/mol. The third kappa shape index (κ3) is 5.04. The van der Waals surface area contributed by atoms with E-state index < -0.39 is 0 Å². The zero-order valence-electron chi connectivity index (χ0n) is 20.5. The van der Waals surface area contributed by atoms with Gasteiger partial charge < -0.3 is 15.2 Å². The second kappa shape index (κ2) is 9.95. The van der Waals surface area contributed by atoms with E-state index in [0.717, 1.165) is 57.3 Å². The molecule has 2 heterocycles. The average molecular weight is 483 g/mol. The molecule has 0 amide bonds. The van der Waals surface area contributed by atoms with Crippen molar-refractivity contribution < 1.29 is 0 Å². The second-order valence-electron chi connectivity index (χ2n) is 9.02. The van der Waals surface area contributed by atoms with Crippen molar-refractivity contribution >= 4 is 28.1 Å². The van der Waals surface area contributed by atoms with Crippen molar-refractivity contribution in [1.82, 2.24) is 20.2 Å². The summed E-state index contributed by atoms with van der Waals surface area (Å²) in [6, 6.07) is 37.2. The molecule has 6 heteroatoms. The molecule has 0 aliphatic carbocycles. The minimum atomic E-state index is 0.847. The molecule has 2 aromatic heterocycles. The molecule has 4 aromatic carbocycles. The van der Waals surface area contributed by atoms with Gasteiger partial charge in [0.05, 0.1) is 16.7 Å². The highest BCUT2D eigenvalue weighted by atomic mass is 15.1. The molecule has 0 saturated carbocycles. The molecule has 0 spiro atoms. The Labute approximate surface area is 215 Å². The Kier molecular flexibility index (Phi) is 6.05. The summed E-state index contributed by atoms with van der Waals surface area (Å²) < 4.78 is 0. The van der Waals surface area contributed by atoms with E-state index in [9.17, 15) is 0 Å². The maximum absolute atomic E-state index is 4.85. The van der Waals surface area contributed by atoms with Gasteiger partial charge in [0, 0.05) is 48.0 Å². The van der Waals surface area contributed by atoms with E-state index in [0.29, 0.717) is 0 Å². The Morgan fingerprint density at radius 1 is 0.757 bits per heavy atom. The molecule has 2 N–H and O–H groups in total. The van der Waals surface area contributed by atoms with E-state index in [-0.39, 0.29) is 0 Å². The third-order valence-electron chi connectivity index (χ3n) is 6.35. The number of anilines is 3. The smallest absolute Gasteiger partial charge is 0.138 e. The molecule has 6 nitrogen and oxygen atoms in total. The summed E-state index contributed by atoms with van der Waals surface area (Å²) in [5.41, 5.74) is 9.30. The Morgan fingerprint density at radius 3 is 2.43 bits per heavy atom. The topological polar surface area (TPSA) is 69.7 Å². The minimum Gasteiger partial charge on any atom is -0.370 e. The molecule has 0 saturated heterocycles. The van der Waals surface area contributed by atoms with E-state index in [4.69, 9.17) is 4.98 Å². The lowest BCUT2D eigenvalue weighted by Gasteiger charge is -2.19. The van der Waals surface area contributed by atoms with Crippen LogP contribution >= 0.6 is 0 Å². The zero-order chi connectivity index (χ0) is 25.0. The van der Waals surface area contributed by atoms with Gasteiger partial charge in [-0.2, -0.15) is 10.2 Å². The van der Waals surface area contributed by atoms with E-state index in [1.54, 1.807) is 6.20 Å². The molecule has 0 fully saturated rings. The standard InChI is InChI=1S/C31H26N6/c1-37(21-22-7-3-2-4-8-22)27-16-17-29-30(20-27)35-31(34-29)24-9-5-10-26(19-24)33-25-14-12-23(13-15-25)28-11-6-18-32-36-28/h2-20,33H,21H2,1H3,(H,34,35). The first kappa shape index (κ1) is 22.5. The van der Waals surface area contributed by atoms with Crippen LogP contribution in [0.4, 0.5) is 17.1 Å². The molecule has 0 bridgehead atoms. The number of imidazole rings is 1. The van der Waals surface area contributed by atoms with Gasteiger partial charge in [0.1, 0.15) is 5.82 Å². The number of aromatic amines is 1. The molecule has 0 unspecified atom stereocenters. The first-order valence-corrected chi connectivity index (χ1v) is 12.2. The summed E-state index contributed by atoms with van der Waals surface area (Å²) in [6.07, 6.45) is 1.68. The number of H-pyrrole nitrogens is 1. The van der Waals surface area contributed by atoms with Gasteiger partial charge >= 0.3 is 0 Å². The van der Waals surface area contributed by atoms with Crippen molar-refractivity contribution in [2.24, 2.45) is 0 Å². The number of aromatic nitrogens is 4. The van der Waals surface area contributed by atoms with Gasteiger partial charge in [-0.25, -0.2) is 4.98 Å². The largest absolute Gasteiger partial charge is 0.370 e. The first-order chi connectivity index (χ1) is 18.2. The lowest BCUT2D eigenvalue weighted by Crippen LogP contribution is -2.16. The van der Waals surface area contributed by atoms with Gasteiger partial charge in [-0.3, -0.25) is 0 Å². The summed E-state index contributed by atoms with van der Waals surface area (Å²) in [5.74, 6) is 0.847. The van der Waals surface area contributed by atoms with Crippen LogP contribution in [0.15, 0.2) is 115 Å². The lowest BCUT2D eigenvalue weighted by atomic mass is 10.1. The van der Waals surface area contributed by atoms with Crippen LogP contribution in [0, 0.1) is 0 Å². The van der Waals surface area contributed by atoms with E-state index in [1.807, 2.05) is 48.5 Å². The Hall–Kier alpha value is -4.97. The van der Waals surface area contributed by atoms with Gasteiger partial charge in [0.2, 0.25) is 0 Å². The maximum atomic E-state index is 4.85. The number of nitrogens with zero attached hydrogens (tertiary/aromatic N) is 4. The van der Waals surface area contributed by atoms with E-state index >= 15 is 0 Å². The number of hydrogen-bond acceptors (Lipinski definition) is 5. The average Bonchev–Trinajstić information content (AvgIpc) is 3.38. The Bertz CT molecular complexity index is 1630. The quantitative estimate of drug-likeness (QED) is 0.255. The molecule has 0 aliphatic heterocycles. The number of rotatable bonds is 7. The predicted molar refractivity (Wildman–Crippen MR) is 151 cm³/mol. The predicted octanol–water partition coefficient (Wildman–Crippen LogP) is 7.07. The van der Waals surface area contributed by atoms with Gasteiger partial charge in [-0.1, -0.05) is 54.6 Å². The molecule has 6 aromatic rings. The van der Waals surface area contributed by atoms with E-state index in [1.165, 1.54) is 5.56 Å². The Morgan fingerprint density at radius 2 is 1.62 bits per heavy atom. The highest BCUT2D eigenvalue weighted by Crippen LogP contribution is 2.28. The number of nitrogens with one attached hydrogen (secondary N) is 2. The zero-order valence-corrected chi connectivity index (χ0v) is 20.5. The number of hydrogen-bond donors (Lipinski definition) is 2. The lowest BCUT2D eigenvalue weighted by molar-refractivity contribution is 0.924. The van der Waals surface area contributed by atoms with Crippen LogP contribution in [-0.2, 0) is 6.54 Å². The highest BCUT2D eigenvalue weighted by molar-refractivity contribution is 5.83. The van der Waals surface area contributed by atoms with Gasteiger partial charge in [-0.05, 0) is 60.2 Å². The van der Waals surface area contributed by atoms with Crippen LogP contribution in [0.3, 0.4) is 0 Å². The Balaban J connectivity index is 1.20. The van der Waals surface area contributed by atoms with Crippen molar-refractivity contribution in [1.29, 1.82) is 0 Å². The summed E-state index contributed by atoms with van der Waals surface area (Å²) >= 11 is 0. The summed E-state index contributed by atoms with van der Waals surface area (Å²) in [7, 11) is 2.11. The summed E-state index contributed by atoms with van der Waals surface area (Å²) in [4.78, 5) is 10.6. The van der Waals surface area contributed by atoms with Gasteiger partial charge in [0.25, 0.3) is 0 Å². The number of benzene rings is 4. The van der Waals surface area contributed by atoms with Gasteiger partial charge in [0.15, 0.2) is 0 Å². The minimum absolute atomic E-state index is 0.847. The van der Waals surface area contributed by atoms with Crippen molar-refractivity contribution in [2.75, 3.05) is 17.3 Å². The van der Waals surface area contributed by atoms with Crippen molar-refractivity contribution in [3.63, 3.8) is 0 Å². The fourth-order valence-corrected chi connectivity index (χ4v) is 4.41. The van der Waals surface area contributed by atoms with Gasteiger partial charge in [-0.15, -0.1) is 0 Å². The molecule has 37 heavy (non-hydrogen) atoms. The summed E-state index contributed by atoms with van der Waals surface area (Å²) in [6.45, 7) is 0.848. The molecule has 0 radical (unpaired) electrons. The van der Waals surface area contributed by atoms with Crippen LogP contribution in [-0.4, -0.2) is 27.2 Å². The molecule has 180 valence electrons. The monoisotopic (exact) mass is 482 g/mol. The normalized spacial score (nSPS) is 10.9. The van der Waals surface area contributed by atoms with Crippen LogP contribution in [0.1, 0.15) is 5.56 Å². The molecular formula is C31H26N6. The second-order valence-corrected chi connectivity index (χ2v) is 9.02. The number of fused-ring (bicyclic) bond motifs is 1. The fourth-order valence-electron chi connectivity index (χ4n) is 4.41. The molecule has 6 rings (SSSR count). The SMILES string of the molecule is CN(Cc1ccccc1)c1ccc2nc(-c3cccc(Nc4ccc(-c5cccnn5)cc4)c3)[nH]c2c1. The van der Waals surface area contributed by atoms with Crippen molar-refractivity contribution in [2.45, 2.75) is 6.54 Å². The van der Waals surface area contributed by atoms with Crippen molar-refractivity contribution in [3.05, 3.63) is 121 Å². The van der Waals surface area contributed by atoms with E-state index in [2.05, 4.69) is 93.1 Å². The van der Waals surface area contributed by atoms with Crippen LogP contribution < -0.4 is 10.2 Å². The molecule has 0 aliphatic rings. The highest BCUT2D eigenvalue weighted by Gasteiger charge is 2.09. The summed E-state index contributed by atoms with van der Waals surface area (Å²) in [5, 5.41) is 11.6. The van der Waals surface area contributed by atoms with Crippen LogP contribution in [0.25, 0.3) is 33.7 Å². The molecule has 0 atom stereocenters. The van der Waals surface area contributed by atoms with Crippen LogP contribution in [0.5, 0.6) is 0 Å². The van der Waals surface area contributed by atoms with Crippen molar-refractivity contribution in [3.8, 4) is 22.6 Å². The van der Waals surface area contributed by atoms with Crippen LogP contribution in [0.2, 0.25) is 0 Å². The fraction of sp³-hybridized carbons (Fsp3) is 0.0645.